The van der Waals surface area contributed by atoms with E-state index in [1.165, 1.54) is 62.9 Å². The summed E-state index contributed by atoms with van der Waals surface area (Å²) in [5.74, 6) is 1.99. The first-order chi connectivity index (χ1) is 9.24. The normalized spacial score (nSPS) is 26.1. The van der Waals surface area contributed by atoms with Gasteiger partial charge < -0.3 is 0 Å². The predicted octanol–water partition coefficient (Wildman–Crippen LogP) is 3.13. The second kappa shape index (κ2) is 5.66. The third-order valence-electron chi connectivity index (χ3n) is 5.36. The molecule has 0 radical (unpaired) electrons. The fourth-order valence-electron chi connectivity index (χ4n) is 3.94. The van der Waals surface area contributed by atoms with Gasteiger partial charge in [-0.1, -0.05) is 32.1 Å². The number of hydrogen-bond donors (Lipinski definition) is 0. The van der Waals surface area contributed by atoms with Crippen LogP contribution >= 0.6 is 0 Å². The molecule has 0 bridgehead atoms. The lowest BCUT2D eigenvalue weighted by Gasteiger charge is -2.27. The predicted molar refractivity (Wildman–Crippen MR) is 77.9 cm³/mol. The first-order valence-electron chi connectivity index (χ1n) is 7.94. The Morgan fingerprint density at radius 1 is 1.16 bits per heavy atom. The van der Waals surface area contributed by atoms with Crippen LogP contribution in [-0.4, -0.2) is 27.8 Å². The van der Waals surface area contributed by atoms with Crippen molar-refractivity contribution >= 4 is 0 Å². The van der Waals surface area contributed by atoms with Gasteiger partial charge in [0.05, 0.1) is 6.20 Å². The minimum atomic E-state index is 0.970. The lowest BCUT2D eigenvalue weighted by Crippen LogP contribution is -2.24. The van der Waals surface area contributed by atoms with E-state index in [-0.39, 0.29) is 0 Å². The molecule has 19 heavy (non-hydrogen) atoms. The zero-order chi connectivity index (χ0) is 13.2. The smallest absolute Gasteiger partial charge is 0.0537 e. The zero-order valence-electron chi connectivity index (χ0n) is 12.4. The van der Waals surface area contributed by atoms with Gasteiger partial charge in [0, 0.05) is 31.4 Å². The molecule has 0 aromatic carbocycles. The number of hydrogen-bond acceptors (Lipinski definition) is 2. The van der Waals surface area contributed by atoms with Gasteiger partial charge in [-0.2, -0.15) is 5.10 Å². The van der Waals surface area contributed by atoms with Crippen LogP contribution < -0.4 is 0 Å². The largest absolute Gasteiger partial charge is 0.299 e. The first kappa shape index (κ1) is 13.2. The van der Waals surface area contributed by atoms with E-state index in [9.17, 15) is 0 Å². The summed E-state index contributed by atoms with van der Waals surface area (Å²) in [4.78, 5) is 2.64. The van der Waals surface area contributed by atoms with Crippen LogP contribution in [0.25, 0.3) is 0 Å². The second-order valence-corrected chi connectivity index (χ2v) is 6.56. The van der Waals surface area contributed by atoms with E-state index >= 15 is 0 Å². The Kier molecular flexibility index (Phi) is 3.92. The molecule has 3 nitrogen and oxygen atoms in total. The van der Waals surface area contributed by atoms with E-state index in [1.54, 1.807) is 0 Å². The van der Waals surface area contributed by atoms with Crippen molar-refractivity contribution in [2.24, 2.45) is 18.9 Å². The van der Waals surface area contributed by atoms with Crippen LogP contribution in [0.1, 0.15) is 49.8 Å². The molecule has 1 aliphatic heterocycles. The molecule has 1 unspecified atom stereocenters. The lowest BCUT2D eigenvalue weighted by atomic mass is 9.80. The summed E-state index contributed by atoms with van der Waals surface area (Å²) in [6.45, 7) is 5.88. The Balaban J connectivity index is 1.55. The zero-order valence-corrected chi connectivity index (χ0v) is 12.4. The molecule has 1 saturated carbocycles. The van der Waals surface area contributed by atoms with Gasteiger partial charge in [0.15, 0.2) is 0 Å². The molecule has 2 fully saturated rings. The highest BCUT2D eigenvalue weighted by atomic mass is 15.3. The minimum absolute atomic E-state index is 0.970. The number of rotatable bonds is 3. The van der Waals surface area contributed by atoms with Crippen molar-refractivity contribution < 1.29 is 0 Å². The average molecular weight is 261 g/mol. The lowest BCUT2D eigenvalue weighted by molar-refractivity contribution is 0.234. The van der Waals surface area contributed by atoms with Crippen LogP contribution in [0, 0.1) is 18.8 Å². The third kappa shape index (κ3) is 2.86. The van der Waals surface area contributed by atoms with E-state index in [0.29, 0.717) is 0 Å². The molecule has 0 N–H and O–H groups in total. The Bertz CT molecular complexity index is 418. The molecule has 2 heterocycles. The summed E-state index contributed by atoms with van der Waals surface area (Å²) in [6.07, 6.45) is 10.9. The Labute approximate surface area is 117 Å². The van der Waals surface area contributed by atoms with E-state index in [0.717, 1.165) is 18.4 Å². The Morgan fingerprint density at radius 3 is 2.63 bits per heavy atom. The monoisotopic (exact) mass is 261 g/mol. The number of aromatic nitrogens is 2. The van der Waals surface area contributed by atoms with Crippen LogP contribution in [-0.2, 0) is 13.6 Å². The molecule has 0 spiro atoms. The number of likely N-dealkylation sites (tertiary alicyclic amines) is 1. The van der Waals surface area contributed by atoms with Crippen LogP contribution in [0.3, 0.4) is 0 Å². The summed E-state index contributed by atoms with van der Waals surface area (Å²) in [5, 5.41) is 4.36. The quantitative estimate of drug-likeness (QED) is 0.833. The van der Waals surface area contributed by atoms with Crippen LogP contribution in [0.5, 0.6) is 0 Å². The molecule has 1 saturated heterocycles. The SMILES string of the molecule is Cc1c(CN2CCC(C3CCCCC3)C2)cnn1C. The maximum atomic E-state index is 4.36. The first-order valence-corrected chi connectivity index (χ1v) is 7.94. The fraction of sp³-hybridized carbons (Fsp3) is 0.812. The van der Waals surface area contributed by atoms with Crippen molar-refractivity contribution in [3.8, 4) is 0 Å². The molecule has 3 rings (SSSR count). The van der Waals surface area contributed by atoms with Crippen molar-refractivity contribution in [3.05, 3.63) is 17.5 Å². The maximum absolute atomic E-state index is 4.36. The van der Waals surface area contributed by atoms with E-state index in [1.807, 2.05) is 17.9 Å². The number of aryl methyl sites for hydroxylation is 1. The van der Waals surface area contributed by atoms with Crippen LogP contribution in [0.15, 0.2) is 6.20 Å². The van der Waals surface area contributed by atoms with Crippen molar-refractivity contribution in [1.82, 2.24) is 14.7 Å². The van der Waals surface area contributed by atoms with Gasteiger partial charge >= 0.3 is 0 Å². The Morgan fingerprint density at radius 2 is 1.95 bits per heavy atom. The highest BCUT2D eigenvalue weighted by molar-refractivity contribution is 5.15. The van der Waals surface area contributed by atoms with Crippen molar-refractivity contribution in [2.75, 3.05) is 13.1 Å². The summed E-state index contributed by atoms with van der Waals surface area (Å²) in [6, 6.07) is 0. The van der Waals surface area contributed by atoms with Crippen molar-refractivity contribution in [2.45, 2.75) is 52.0 Å². The number of nitrogens with zero attached hydrogens (tertiary/aromatic N) is 3. The van der Waals surface area contributed by atoms with Gasteiger partial charge in [0.1, 0.15) is 0 Å². The van der Waals surface area contributed by atoms with E-state index in [4.69, 9.17) is 0 Å². The van der Waals surface area contributed by atoms with Crippen molar-refractivity contribution in [1.29, 1.82) is 0 Å². The fourth-order valence-corrected chi connectivity index (χ4v) is 3.94. The van der Waals surface area contributed by atoms with Crippen LogP contribution in [0.4, 0.5) is 0 Å². The van der Waals surface area contributed by atoms with E-state index < -0.39 is 0 Å². The summed E-state index contributed by atoms with van der Waals surface area (Å²) in [5.41, 5.74) is 2.73. The van der Waals surface area contributed by atoms with E-state index in [2.05, 4.69) is 16.9 Å². The Hall–Kier alpha value is -0.830. The van der Waals surface area contributed by atoms with Gasteiger partial charge in [-0.25, -0.2) is 0 Å². The minimum Gasteiger partial charge on any atom is -0.299 e. The van der Waals surface area contributed by atoms with Gasteiger partial charge in [-0.15, -0.1) is 0 Å². The third-order valence-corrected chi connectivity index (χ3v) is 5.36. The van der Waals surface area contributed by atoms with Gasteiger partial charge in [0.2, 0.25) is 0 Å². The molecular weight excluding hydrogens is 234 g/mol. The second-order valence-electron chi connectivity index (χ2n) is 6.56. The van der Waals surface area contributed by atoms with Crippen molar-refractivity contribution in [3.63, 3.8) is 0 Å². The topological polar surface area (TPSA) is 21.1 Å². The van der Waals surface area contributed by atoms with Gasteiger partial charge in [-0.05, 0) is 31.7 Å². The summed E-state index contributed by atoms with van der Waals surface area (Å²) in [7, 11) is 2.04. The highest BCUT2D eigenvalue weighted by Gasteiger charge is 2.30. The van der Waals surface area contributed by atoms with Gasteiger partial charge in [0.25, 0.3) is 0 Å². The maximum Gasteiger partial charge on any atom is 0.0537 e. The molecule has 106 valence electrons. The molecular formula is C16H27N3. The molecule has 1 aliphatic carbocycles. The standard InChI is InChI=1S/C16H27N3/c1-13-16(10-17-18(13)2)12-19-9-8-15(11-19)14-6-4-3-5-7-14/h10,14-15H,3-9,11-12H2,1-2H3. The van der Waals surface area contributed by atoms with Gasteiger partial charge in [-0.3, -0.25) is 9.58 Å². The summed E-state index contributed by atoms with van der Waals surface area (Å²) < 4.78 is 1.99. The molecule has 3 heteroatoms. The van der Waals surface area contributed by atoms with Crippen LogP contribution in [0.2, 0.25) is 0 Å². The molecule has 1 atom stereocenters. The molecule has 1 aromatic rings. The molecule has 2 aliphatic rings. The summed E-state index contributed by atoms with van der Waals surface area (Å²) >= 11 is 0. The average Bonchev–Trinajstić information content (AvgIpc) is 3.02. The molecule has 1 aromatic heterocycles. The highest BCUT2D eigenvalue weighted by Crippen LogP contribution is 2.35. The molecule has 0 amide bonds.